The molecule has 0 aliphatic carbocycles. The lowest BCUT2D eigenvalue weighted by Crippen LogP contribution is -2.24. The molecule has 0 saturated heterocycles. The number of nitrogens with one attached hydrogen (secondary N) is 1. The van der Waals surface area contributed by atoms with E-state index >= 15 is 0 Å². The number of carbonyl (C=O) groups is 1. The normalized spacial score (nSPS) is 10.4. The number of rotatable bonds is 6. The molecule has 1 heterocycles. The van der Waals surface area contributed by atoms with E-state index in [1.54, 1.807) is 6.20 Å². The zero-order valence-corrected chi connectivity index (χ0v) is 11.7. The van der Waals surface area contributed by atoms with Crippen molar-refractivity contribution < 1.29 is 4.79 Å². The number of benzene rings is 1. The highest BCUT2D eigenvalue weighted by atomic mass is 32.2. The molecule has 0 aliphatic rings. The summed E-state index contributed by atoms with van der Waals surface area (Å²) in [4.78, 5) is 11.4. The van der Waals surface area contributed by atoms with Crippen molar-refractivity contribution in [3.63, 3.8) is 0 Å². The van der Waals surface area contributed by atoms with Crippen LogP contribution in [0.2, 0.25) is 0 Å². The third-order valence-corrected chi connectivity index (χ3v) is 3.24. The lowest BCUT2D eigenvalue weighted by Gasteiger charge is -2.06. The Kier molecular flexibility index (Phi) is 5.03. The number of aromatic nitrogens is 2. The van der Waals surface area contributed by atoms with E-state index in [9.17, 15) is 4.79 Å². The van der Waals surface area contributed by atoms with E-state index in [-0.39, 0.29) is 5.91 Å². The van der Waals surface area contributed by atoms with Crippen LogP contribution in [0.15, 0.2) is 42.7 Å². The second kappa shape index (κ2) is 6.99. The van der Waals surface area contributed by atoms with Crippen LogP contribution in [0.3, 0.4) is 0 Å². The van der Waals surface area contributed by atoms with Crippen molar-refractivity contribution in [1.82, 2.24) is 15.1 Å². The average Bonchev–Trinajstić information content (AvgIpc) is 2.91. The third kappa shape index (κ3) is 4.44. The second-order valence-corrected chi connectivity index (χ2v) is 5.10. The Morgan fingerprint density at radius 3 is 2.68 bits per heavy atom. The van der Waals surface area contributed by atoms with E-state index in [0.717, 1.165) is 12.1 Å². The van der Waals surface area contributed by atoms with Crippen molar-refractivity contribution >= 4 is 17.7 Å². The smallest absolute Gasteiger partial charge is 0.230 e. The van der Waals surface area contributed by atoms with Gasteiger partial charge in [0.1, 0.15) is 0 Å². The van der Waals surface area contributed by atoms with E-state index in [4.69, 9.17) is 0 Å². The molecule has 1 N–H and O–H groups in total. The van der Waals surface area contributed by atoms with Gasteiger partial charge in [-0.25, -0.2) is 0 Å². The summed E-state index contributed by atoms with van der Waals surface area (Å²) in [5.41, 5.74) is 2.31. The summed E-state index contributed by atoms with van der Waals surface area (Å²) in [6.45, 7) is 1.35. The molecule has 0 spiro atoms. The topological polar surface area (TPSA) is 46.9 Å². The minimum Gasteiger partial charge on any atom is -0.351 e. The number of hydrogen-bond acceptors (Lipinski definition) is 3. The highest BCUT2D eigenvalue weighted by Gasteiger charge is 2.00. The molecule has 5 heteroatoms. The van der Waals surface area contributed by atoms with Crippen molar-refractivity contribution in [2.75, 3.05) is 12.0 Å². The van der Waals surface area contributed by atoms with Gasteiger partial charge in [0.25, 0.3) is 0 Å². The van der Waals surface area contributed by atoms with Gasteiger partial charge in [0.15, 0.2) is 0 Å². The number of carbonyl (C=O) groups excluding carboxylic acids is 1. The highest BCUT2D eigenvalue weighted by Crippen LogP contribution is 2.06. The molecule has 1 aromatic carbocycles. The maximum Gasteiger partial charge on any atom is 0.230 e. The molecule has 100 valence electrons. The van der Waals surface area contributed by atoms with Crippen molar-refractivity contribution in [2.45, 2.75) is 13.1 Å². The Labute approximate surface area is 117 Å². The van der Waals surface area contributed by atoms with Crippen molar-refractivity contribution in [3.8, 4) is 0 Å². The first kappa shape index (κ1) is 13.7. The van der Waals surface area contributed by atoms with Crippen LogP contribution >= 0.6 is 11.8 Å². The fourth-order valence-electron chi connectivity index (χ4n) is 1.73. The molecule has 0 saturated carbocycles. The van der Waals surface area contributed by atoms with Gasteiger partial charge >= 0.3 is 0 Å². The first-order chi connectivity index (χ1) is 9.28. The van der Waals surface area contributed by atoms with Gasteiger partial charge in [0, 0.05) is 18.9 Å². The minimum absolute atomic E-state index is 0.0770. The van der Waals surface area contributed by atoms with E-state index in [1.807, 2.05) is 35.3 Å². The second-order valence-electron chi connectivity index (χ2n) is 4.23. The number of hydrogen-bond donors (Lipinski definition) is 1. The van der Waals surface area contributed by atoms with E-state index in [1.165, 1.54) is 17.3 Å². The molecule has 1 amide bonds. The number of amides is 1. The van der Waals surface area contributed by atoms with Crippen molar-refractivity contribution in [1.29, 1.82) is 0 Å². The van der Waals surface area contributed by atoms with Crippen LogP contribution in [0, 0.1) is 0 Å². The van der Waals surface area contributed by atoms with E-state index < -0.39 is 0 Å². The van der Waals surface area contributed by atoms with E-state index in [2.05, 4.69) is 22.5 Å². The zero-order chi connectivity index (χ0) is 13.5. The van der Waals surface area contributed by atoms with Gasteiger partial charge in [0.2, 0.25) is 5.91 Å². The van der Waals surface area contributed by atoms with Crippen LogP contribution in [0.25, 0.3) is 0 Å². The minimum atomic E-state index is 0.0770. The Hall–Kier alpha value is -1.75. The summed E-state index contributed by atoms with van der Waals surface area (Å²) < 4.78 is 1.88. The number of thioether (sulfide) groups is 1. The summed E-state index contributed by atoms with van der Waals surface area (Å²) in [5, 5.41) is 7.06. The maximum atomic E-state index is 11.4. The Morgan fingerprint density at radius 1 is 1.32 bits per heavy atom. The molecule has 0 atom stereocenters. The lowest BCUT2D eigenvalue weighted by molar-refractivity contribution is -0.118. The molecule has 19 heavy (non-hydrogen) atoms. The fourth-order valence-corrected chi connectivity index (χ4v) is 2.09. The molecule has 0 aliphatic heterocycles. The summed E-state index contributed by atoms with van der Waals surface area (Å²) in [7, 11) is 0. The third-order valence-electron chi connectivity index (χ3n) is 2.69. The lowest BCUT2D eigenvalue weighted by atomic mass is 10.1. The maximum absolute atomic E-state index is 11.4. The molecular weight excluding hydrogens is 258 g/mol. The fraction of sp³-hybridized carbons (Fsp3) is 0.286. The van der Waals surface area contributed by atoms with Gasteiger partial charge in [-0.15, -0.1) is 0 Å². The van der Waals surface area contributed by atoms with Gasteiger partial charge in [-0.05, 0) is 23.4 Å². The van der Waals surface area contributed by atoms with Gasteiger partial charge in [-0.1, -0.05) is 24.3 Å². The van der Waals surface area contributed by atoms with E-state index in [0.29, 0.717) is 12.3 Å². The van der Waals surface area contributed by atoms with Gasteiger partial charge in [-0.2, -0.15) is 16.9 Å². The summed E-state index contributed by atoms with van der Waals surface area (Å²) in [6.07, 6.45) is 5.63. The molecule has 0 unspecified atom stereocenters. The Balaban J connectivity index is 1.86. The van der Waals surface area contributed by atoms with Crippen LogP contribution in [-0.2, 0) is 17.9 Å². The largest absolute Gasteiger partial charge is 0.351 e. The first-order valence-corrected chi connectivity index (χ1v) is 7.48. The molecular formula is C14H17N3OS. The summed E-state index contributed by atoms with van der Waals surface area (Å²) >= 11 is 1.53. The van der Waals surface area contributed by atoms with Crippen molar-refractivity contribution in [2.24, 2.45) is 0 Å². The highest BCUT2D eigenvalue weighted by molar-refractivity contribution is 7.99. The van der Waals surface area contributed by atoms with Crippen LogP contribution in [0.4, 0.5) is 0 Å². The Morgan fingerprint density at radius 2 is 2.05 bits per heavy atom. The van der Waals surface area contributed by atoms with Crippen LogP contribution in [-0.4, -0.2) is 27.7 Å². The molecule has 1 aromatic heterocycles. The molecule has 0 bridgehead atoms. The van der Waals surface area contributed by atoms with Crippen LogP contribution < -0.4 is 5.32 Å². The average molecular weight is 275 g/mol. The van der Waals surface area contributed by atoms with Crippen LogP contribution in [0.5, 0.6) is 0 Å². The monoisotopic (exact) mass is 275 g/mol. The summed E-state index contributed by atoms with van der Waals surface area (Å²) in [6, 6.07) is 10.1. The summed E-state index contributed by atoms with van der Waals surface area (Å²) in [5.74, 6) is 0.588. The molecule has 2 rings (SSSR count). The molecule has 0 radical (unpaired) electrons. The quantitative estimate of drug-likeness (QED) is 0.876. The SMILES string of the molecule is CSCC(=O)NCc1ccc(Cn2cccn2)cc1. The van der Waals surface area contributed by atoms with Crippen LogP contribution in [0.1, 0.15) is 11.1 Å². The number of nitrogens with zero attached hydrogens (tertiary/aromatic N) is 2. The molecule has 4 nitrogen and oxygen atoms in total. The van der Waals surface area contributed by atoms with Crippen molar-refractivity contribution in [3.05, 3.63) is 53.9 Å². The van der Waals surface area contributed by atoms with Gasteiger partial charge in [-0.3, -0.25) is 9.48 Å². The first-order valence-electron chi connectivity index (χ1n) is 6.09. The standard InChI is InChI=1S/C14H17N3OS/c1-19-11-14(18)15-9-12-3-5-13(6-4-12)10-17-8-2-7-16-17/h2-8H,9-11H2,1H3,(H,15,18). The predicted molar refractivity (Wildman–Crippen MR) is 78.0 cm³/mol. The van der Waals surface area contributed by atoms with Gasteiger partial charge in [0.05, 0.1) is 12.3 Å². The predicted octanol–water partition coefficient (Wildman–Crippen LogP) is 1.91. The molecule has 2 aromatic rings. The Bertz CT molecular complexity index is 508. The molecule has 0 fully saturated rings. The van der Waals surface area contributed by atoms with Gasteiger partial charge < -0.3 is 5.32 Å². The zero-order valence-electron chi connectivity index (χ0n) is 10.9.